The lowest BCUT2D eigenvalue weighted by Gasteiger charge is -2.33. The van der Waals surface area contributed by atoms with Gasteiger partial charge in [-0.05, 0) is 37.0 Å². The Bertz CT molecular complexity index is 1260. The molecular formula is C23H22ClN7O2. The fourth-order valence-electron chi connectivity index (χ4n) is 5.07. The largest absolute Gasteiger partial charge is 0.495 e. The van der Waals surface area contributed by atoms with Crippen LogP contribution in [0.2, 0.25) is 5.02 Å². The summed E-state index contributed by atoms with van der Waals surface area (Å²) in [6, 6.07) is 5.50. The van der Waals surface area contributed by atoms with Crippen molar-refractivity contribution in [2.75, 3.05) is 19.7 Å². The third kappa shape index (κ3) is 3.22. The van der Waals surface area contributed by atoms with Gasteiger partial charge in [0.1, 0.15) is 31.1 Å². The number of ether oxygens (including phenoxy) is 1. The smallest absolute Gasteiger partial charge is 0.240 e. The first-order valence-electron chi connectivity index (χ1n) is 10.9. The summed E-state index contributed by atoms with van der Waals surface area (Å²) in [7, 11) is 0. The van der Waals surface area contributed by atoms with Gasteiger partial charge in [-0.3, -0.25) is 9.89 Å². The predicted molar refractivity (Wildman–Crippen MR) is 123 cm³/mol. The Morgan fingerprint density at radius 3 is 3.00 bits per heavy atom. The summed E-state index contributed by atoms with van der Waals surface area (Å²) in [5.74, 6) is 1.15. The average molecular weight is 464 g/mol. The highest BCUT2D eigenvalue weighted by atomic mass is 35.5. The van der Waals surface area contributed by atoms with E-state index in [1.54, 1.807) is 6.26 Å². The van der Waals surface area contributed by atoms with Gasteiger partial charge in [0.05, 0.1) is 16.4 Å². The third-order valence-corrected chi connectivity index (χ3v) is 6.90. The number of nitrogens with one attached hydrogen (secondary N) is 1. The Balaban J connectivity index is 1.40. The molecule has 0 bridgehead atoms. The number of benzene rings is 1. The molecule has 1 aromatic carbocycles. The van der Waals surface area contributed by atoms with Gasteiger partial charge in [-0.25, -0.2) is 9.98 Å². The molecule has 4 aliphatic heterocycles. The highest BCUT2D eigenvalue weighted by Gasteiger charge is 2.39. The summed E-state index contributed by atoms with van der Waals surface area (Å²) < 4.78 is 5.92. The molecule has 1 fully saturated rings. The number of carbonyl (C=O) groups excluding carboxylic acids is 1. The summed E-state index contributed by atoms with van der Waals surface area (Å²) >= 11 is 6.59. The van der Waals surface area contributed by atoms with Gasteiger partial charge in [-0.1, -0.05) is 17.7 Å². The Morgan fingerprint density at radius 1 is 1.30 bits per heavy atom. The zero-order chi connectivity index (χ0) is 22.5. The number of nitrogens with two attached hydrogens (primary N) is 1. The zero-order valence-electron chi connectivity index (χ0n) is 17.8. The number of aliphatic imine (C=N–C) groups is 1. The van der Waals surface area contributed by atoms with Crippen LogP contribution in [0, 0.1) is 0 Å². The van der Waals surface area contributed by atoms with Crippen LogP contribution in [0.15, 0.2) is 64.5 Å². The average Bonchev–Trinajstić information content (AvgIpc) is 3.55. The van der Waals surface area contributed by atoms with E-state index in [1.807, 2.05) is 24.4 Å². The van der Waals surface area contributed by atoms with Gasteiger partial charge >= 0.3 is 0 Å². The molecule has 0 radical (unpaired) electrons. The Morgan fingerprint density at radius 2 is 2.21 bits per heavy atom. The van der Waals surface area contributed by atoms with Gasteiger partial charge in [0.25, 0.3) is 0 Å². The molecule has 1 aromatic heterocycles. The van der Waals surface area contributed by atoms with Crippen molar-refractivity contribution < 1.29 is 9.53 Å². The minimum absolute atomic E-state index is 0.308. The molecule has 0 unspecified atom stereocenters. The minimum atomic E-state index is -0.328. The van der Waals surface area contributed by atoms with Crippen LogP contribution in [0.5, 0.6) is 0 Å². The van der Waals surface area contributed by atoms with E-state index in [-0.39, 0.29) is 11.9 Å². The van der Waals surface area contributed by atoms with E-state index in [2.05, 4.69) is 25.0 Å². The van der Waals surface area contributed by atoms with E-state index < -0.39 is 0 Å². The van der Waals surface area contributed by atoms with Crippen LogP contribution in [0.25, 0.3) is 11.4 Å². The number of aromatic amines is 1. The first kappa shape index (κ1) is 20.0. The number of carbonyl (C=O) groups is 1. The van der Waals surface area contributed by atoms with E-state index in [0.717, 1.165) is 66.3 Å². The first-order valence-corrected chi connectivity index (χ1v) is 11.3. The second kappa shape index (κ2) is 7.77. The Labute approximate surface area is 195 Å². The van der Waals surface area contributed by atoms with E-state index in [1.165, 1.54) is 11.9 Å². The van der Waals surface area contributed by atoms with E-state index >= 15 is 0 Å². The van der Waals surface area contributed by atoms with Crippen molar-refractivity contribution in [1.82, 2.24) is 25.0 Å². The zero-order valence-corrected chi connectivity index (χ0v) is 18.5. The molecule has 6 rings (SSSR count). The fourth-order valence-corrected chi connectivity index (χ4v) is 5.34. The molecule has 2 aromatic rings. The highest BCUT2D eigenvalue weighted by molar-refractivity contribution is 6.33. The lowest BCUT2D eigenvalue weighted by Crippen LogP contribution is -2.41. The van der Waals surface area contributed by atoms with Gasteiger partial charge in [0, 0.05) is 36.0 Å². The van der Waals surface area contributed by atoms with Crippen LogP contribution in [-0.2, 0) is 9.53 Å². The quantitative estimate of drug-likeness (QED) is 0.720. The minimum Gasteiger partial charge on any atom is -0.495 e. The number of amides is 1. The number of amidine groups is 1. The summed E-state index contributed by atoms with van der Waals surface area (Å²) in [4.78, 5) is 25.4. The lowest BCUT2D eigenvalue weighted by molar-refractivity contribution is -0.121. The van der Waals surface area contributed by atoms with Crippen molar-refractivity contribution in [3.8, 4) is 11.4 Å². The molecule has 10 heteroatoms. The fraction of sp³-hybridized carbons (Fsp3) is 0.304. The molecule has 3 N–H and O–H groups in total. The van der Waals surface area contributed by atoms with Crippen molar-refractivity contribution in [1.29, 1.82) is 0 Å². The van der Waals surface area contributed by atoms with Crippen molar-refractivity contribution in [2.24, 2.45) is 10.7 Å². The molecule has 0 spiro atoms. The third-order valence-electron chi connectivity index (χ3n) is 6.59. The molecule has 9 nitrogen and oxygen atoms in total. The van der Waals surface area contributed by atoms with Crippen molar-refractivity contribution in [3.63, 3.8) is 0 Å². The van der Waals surface area contributed by atoms with Gasteiger partial charge in [-0.15, -0.1) is 0 Å². The second-order valence-corrected chi connectivity index (χ2v) is 8.85. The molecule has 1 saturated heterocycles. The van der Waals surface area contributed by atoms with Gasteiger partial charge in [0.15, 0.2) is 5.82 Å². The molecule has 0 aliphatic carbocycles. The molecular weight excluding hydrogens is 442 g/mol. The Kier molecular flexibility index (Phi) is 4.72. The summed E-state index contributed by atoms with van der Waals surface area (Å²) in [6.07, 6.45) is 7.64. The number of rotatable bonds is 4. The number of H-pyrrole nitrogens is 1. The molecule has 4 aliphatic rings. The summed E-state index contributed by atoms with van der Waals surface area (Å²) in [5, 5.41) is 7.32. The number of primary amides is 1. The number of likely N-dealkylation sites (tertiary alicyclic amines) is 1. The SMILES string of the molecule is NC(=O)[C@@H]1CCCN1C1=COCC2=C3C1=CN=C(c1ccc(-c4ncn[nH]4)c(Cl)c1)N3CC2. The van der Waals surface area contributed by atoms with Crippen LogP contribution in [0.1, 0.15) is 24.8 Å². The maximum Gasteiger partial charge on any atom is 0.240 e. The van der Waals surface area contributed by atoms with Gasteiger partial charge in [-0.2, -0.15) is 5.10 Å². The maximum absolute atomic E-state index is 12.0. The number of hydrogen-bond donors (Lipinski definition) is 2. The molecule has 168 valence electrons. The van der Waals surface area contributed by atoms with E-state index in [9.17, 15) is 4.79 Å². The lowest BCUT2D eigenvalue weighted by atomic mass is 10.0. The number of hydrogen-bond acceptors (Lipinski definition) is 7. The van der Waals surface area contributed by atoms with Crippen molar-refractivity contribution >= 4 is 23.3 Å². The second-order valence-electron chi connectivity index (χ2n) is 8.45. The van der Waals surface area contributed by atoms with Crippen molar-refractivity contribution in [3.05, 3.63) is 70.1 Å². The number of nitrogens with zero attached hydrogens (tertiary/aromatic N) is 5. The van der Waals surface area contributed by atoms with Gasteiger partial charge < -0.3 is 20.3 Å². The highest BCUT2D eigenvalue weighted by Crippen LogP contribution is 2.41. The maximum atomic E-state index is 12.0. The number of aromatic nitrogens is 3. The van der Waals surface area contributed by atoms with Gasteiger partial charge in [0.2, 0.25) is 5.91 Å². The van der Waals surface area contributed by atoms with E-state index in [0.29, 0.717) is 17.5 Å². The monoisotopic (exact) mass is 463 g/mol. The normalized spacial score (nSPS) is 21.8. The molecule has 1 atom stereocenters. The molecule has 33 heavy (non-hydrogen) atoms. The van der Waals surface area contributed by atoms with Crippen LogP contribution >= 0.6 is 11.6 Å². The molecule has 5 heterocycles. The standard InChI is InChI=1S/C23H22ClN7O2/c24-17-8-13(3-4-15(17)22-27-12-28-29-22)23-26-9-16-19(30-6-1-2-18(30)21(25)32)11-33-10-14-5-7-31(23)20(14)16/h3-4,8-9,11-12,18H,1-2,5-7,10H2,(H2,25,32)(H,27,28,29)/t18-/m0/s1. The Hall–Kier alpha value is -3.59. The van der Waals surface area contributed by atoms with Crippen LogP contribution < -0.4 is 5.73 Å². The first-order chi connectivity index (χ1) is 16.1. The van der Waals surface area contributed by atoms with E-state index in [4.69, 9.17) is 27.1 Å². The van der Waals surface area contributed by atoms with Crippen LogP contribution in [0.3, 0.4) is 0 Å². The molecule has 1 amide bonds. The summed E-state index contributed by atoms with van der Waals surface area (Å²) in [5.41, 5.74) is 11.6. The predicted octanol–water partition coefficient (Wildman–Crippen LogP) is 2.55. The van der Waals surface area contributed by atoms with Crippen molar-refractivity contribution in [2.45, 2.75) is 25.3 Å². The number of halogens is 1. The summed E-state index contributed by atoms with van der Waals surface area (Å²) in [6.45, 7) is 2.08. The topological polar surface area (TPSA) is 113 Å². The van der Waals surface area contributed by atoms with Crippen LogP contribution in [0.4, 0.5) is 0 Å². The molecule has 0 saturated carbocycles. The van der Waals surface area contributed by atoms with Crippen LogP contribution in [-0.4, -0.2) is 62.5 Å².